The topological polar surface area (TPSA) is 104 Å². The summed E-state index contributed by atoms with van der Waals surface area (Å²) in [4.78, 5) is 11.6. The van der Waals surface area contributed by atoms with Gasteiger partial charge in [0.25, 0.3) is 0 Å². The van der Waals surface area contributed by atoms with Gasteiger partial charge in [0.2, 0.25) is 10.0 Å². The number of aliphatic hydroxyl groups excluding tert-OH is 1. The molecule has 0 bridgehead atoms. The van der Waals surface area contributed by atoms with Gasteiger partial charge in [-0.1, -0.05) is 0 Å². The Balaban J connectivity index is 2.21. The molecule has 0 aromatic carbocycles. The van der Waals surface area contributed by atoms with Crippen LogP contribution < -0.4 is 0 Å². The van der Waals surface area contributed by atoms with Gasteiger partial charge in [-0.25, -0.2) is 12.7 Å². The number of nitrogens with zero attached hydrogens (tertiary/aromatic N) is 1. The highest BCUT2D eigenvalue weighted by molar-refractivity contribution is 7.91. The first-order valence-electron chi connectivity index (χ1n) is 6.86. The Morgan fingerprint density at radius 2 is 1.80 bits per heavy atom. The highest BCUT2D eigenvalue weighted by Gasteiger charge is 2.54. The number of hydrogen-bond donors (Lipinski definition) is 2. The first kappa shape index (κ1) is 15.7. The van der Waals surface area contributed by atoms with Crippen LogP contribution in [0.1, 0.15) is 25.7 Å². The molecular weight excluding hydrogens is 286 g/mol. The van der Waals surface area contributed by atoms with Crippen LogP contribution in [0.5, 0.6) is 0 Å². The van der Waals surface area contributed by atoms with E-state index in [1.807, 2.05) is 0 Å². The molecule has 0 saturated carbocycles. The third-order valence-electron chi connectivity index (χ3n) is 4.36. The van der Waals surface area contributed by atoms with Crippen molar-refractivity contribution < 1.29 is 28.2 Å². The summed E-state index contributed by atoms with van der Waals surface area (Å²) in [5.74, 6) is -1.18. The summed E-state index contributed by atoms with van der Waals surface area (Å²) in [7, 11) is -3.91. The fourth-order valence-electron chi connectivity index (χ4n) is 2.86. The second kappa shape index (κ2) is 5.97. The lowest BCUT2D eigenvalue weighted by Gasteiger charge is -2.39. The van der Waals surface area contributed by atoms with Gasteiger partial charge in [-0.05, 0) is 18.8 Å². The molecule has 7 nitrogen and oxygen atoms in total. The lowest BCUT2D eigenvalue weighted by Crippen LogP contribution is -2.57. The second-order valence-electron chi connectivity index (χ2n) is 5.44. The summed E-state index contributed by atoms with van der Waals surface area (Å²) in [6, 6.07) is 0. The van der Waals surface area contributed by atoms with Crippen LogP contribution >= 0.6 is 0 Å². The van der Waals surface area contributed by atoms with Crippen LogP contribution in [0, 0.1) is 5.92 Å². The van der Waals surface area contributed by atoms with Crippen molar-refractivity contribution in [1.29, 1.82) is 0 Å². The van der Waals surface area contributed by atoms with Crippen molar-refractivity contribution in [2.75, 3.05) is 32.9 Å². The van der Waals surface area contributed by atoms with Crippen LogP contribution in [0.4, 0.5) is 0 Å². The first-order chi connectivity index (χ1) is 9.44. The van der Waals surface area contributed by atoms with Crippen molar-refractivity contribution in [3.63, 3.8) is 0 Å². The first-order valence-corrected chi connectivity index (χ1v) is 8.30. The van der Waals surface area contributed by atoms with Gasteiger partial charge in [-0.2, -0.15) is 0 Å². The predicted molar refractivity (Wildman–Crippen MR) is 70.7 cm³/mol. The maximum Gasteiger partial charge on any atom is 0.326 e. The van der Waals surface area contributed by atoms with E-state index in [0.29, 0.717) is 12.8 Å². The summed E-state index contributed by atoms with van der Waals surface area (Å²) >= 11 is 0. The third-order valence-corrected chi connectivity index (χ3v) is 6.97. The van der Waals surface area contributed by atoms with E-state index in [1.54, 1.807) is 0 Å². The van der Waals surface area contributed by atoms with E-state index in [4.69, 9.17) is 9.84 Å². The highest BCUT2D eigenvalue weighted by atomic mass is 32.2. The quantitative estimate of drug-likeness (QED) is 0.736. The molecule has 116 valence electrons. The summed E-state index contributed by atoms with van der Waals surface area (Å²) < 4.78 is 30.1. The Morgan fingerprint density at radius 3 is 2.25 bits per heavy atom. The monoisotopic (exact) mass is 307 g/mol. The average Bonchev–Trinajstić information content (AvgIpc) is 2.47. The fourth-order valence-corrected chi connectivity index (χ4v) is 4.95. The molecule has 0 spiro atoms. The van der Waals surface area contributed by atoms with Crippen molar-refractivity contribution in [1.82, 2.24) is 4.31 Å². The molecule has 2 aliphatic heterocycles. The normalized spacial score (nSPS) is 25.4. The Labute approximate surface area is 118 Å². The SMILES string of the molecule is O=C(O)C1(S(=O)(=O)N2CCC(CO)CC2)CCOCC1. The molecule has 0 radical (unpaired) electrons. The average molecular weight is 307 g/mol. The Bertz CT molecular complexity index is 449. The standard InChI is InChI=1S/C12H21NO6S/c14-9-10-1-5-13(6-2-10)20(17,18)12(11(15)16)3-7-19-8-4-12/h10,14H,1-9H2,(H,15,16). The minimum Gasteiger partial charge on any atom is -0.480 e. The van der Waals surface area contributed by atoms with Crippen molar-refractivity contribution >= 4 is 16.0 Å². The van der Waals surface area contributed by atoms with Gasteiger partial charge >= 0.3 is 5.97 Å². The molecule has 2 heterocycles. The lowest BCUT2D eigenvalue weighted by molar-refractivity contribution is -0.142. The van der Waals surface area contributed by atoms with Gasteiger partial charge in [0.1, 0.15) is 0 Å². The van der Waals surface area contributed by atoms with E-state index in [9.17, 15) is 18.3 Å². The van der Waals surface area contributed by atoms with Gasteiger partial charge in [0.05, 0.1) is 0 Å². The molecule has 0 aliphatic carbocycles. The molecule has 0 unspecified atom stereocenters. The van der Waals surface area contributed by atoms with Crippen LogP contribution in [0.25, 0.3) is 0 Å². The van der Waals surface area contributed by atoms with Crippen LogP contribution in [0.15, 0.2) is 0 Å². The number of sulfonamides is 1. The molecule has 2 fully saturated rings. The zero-order chi connectivity index (χ0) is 14.8. The number of carboxylic acids is 1. The van der Waals surface area contributed by atoms with Crippen LogP contribution in [0.3, 0.4) is 0 Å². The van der Waals surface area contributed by atoms with Crippen LogP contribution in [-0.2, 0) is 19.6 Å². The van der Waals surface area contributed by atoms with Gasteiger partial charge in [-0.15, -0.1) is 0 Å². The summed E-state index contributed by atoms with van der Waals surface area (Å²) in [6.07, 6.45) is 1.12. The molecule has 20 heavy (non-hydrogen) atoms. The smallest absolute Gasteiger partial charge is 0.326 e. The van der Waals surface area contributed by atoms with E-state index in [-0.39, 0.29) is 51.7 Å². The molecule has 2 N–H and O–H groups in total. The number of aliphatic hydroxyl groups is 1. The number of hydrogen-bond acceptors (Lipinski definition) is 5. The predicted octanol–water partition coefficient (Wildman–Crippen LogP) is -0.346. The van der Waals surface area contributed by atoms with E-state index in [1.165, 1.54) is 4.31 Å². The summed E-state index contributed by atoms with van der Waals surface area (Å²) in [5.41, 5.74) is 0. The van der Waals surface area contributed by atoms with Crippen molar-refractivity contribution in [2.24, 2.45) is 5.92 Å². The lowest BCUT2D eigenvalue weighted by atomic mass is 9.99. The molecule has 8 heteroatoms. The molecule has 0 atom stereocenters. The van der Waals surface area contributed by atoms with Crippen molar-refractivity contribution in [2.45, 2.75) is 30.4 Å². The van der Waals surface area contributed by atoms with Crippen molar-refractivity contribution in [3.05, 3.63) is 0 Å². The largest absolute Gasteiger partial charge is 0.480 e. The minimum atomic E-state index is -3.91. The molecule has 2 aliphatic rings. The Kier molecular flexibility index (Phi) is 4.68. The zero-order valence-electron chi connectivity index (χ0n) is 11.3. The van der Waals surface area contributed by atoms with E-state index >= 15 is 0 Å². The Morgan fingerprint density at radius 1 is 1.25 bits per heavy atom. The third kappa shape index (κ3) is 2.57. The van der Waals surface area contributed by atoms with E-state index in [2.05, 4.69) is 0 Å². The van der Waals surface area contributed by atoms with Gasteiger partial charge in [0.15, 0.2) is 4.75 Å². The van der Waals surface area contributed by atoms with Crippen molar-refractivity contribution in [3.8, 4) is 0 Å². The summed E-state index contributed by atoms with van der Waals surface area (Å²) in [6.45, 7) is 0.913. The number of carbonyl (C=O) groups is 1. The number of piperidine rings is 1. The molecule has 0 aromatic heterocycles. The molecule has 0 aromatic rings. The molecular formula is C12H21NO6S. The van der Waals surface area contributed by atoms with Crippen LogP contribution in [0.2, 0.25) is 0 Å². The number of ether oxygens (including phenoxy) is 1. The number of aliphatic carboxylic acids is 1. The minimum absolute atomic E-state index is 0.00933. The molecule has 0 amide bonds. The second-order valence-corrected chi connectivity index (χ2v) is 7.69. The van der Waals surface area contributed by atoms with Crippen LogP contribution in [-0.4, -0.2) is 66.6 Å². The van der Waals surface area contributed by atoms with Gasteiger partial charge in [-0.3, -0.25) is 4.79 Å². The Hall–Kier alpha value is -0.700. The maximum atomic E-state index is 12.7. The van der Waals surface area contributed by atoms with E-state index in [0.717, 1.165) is 0 Å². The molecule has 2 rings (SSSR count). The number of rotatable bonds is 4. The summed E-state index contributed by atoms with van der Waals surface area (Å²) in [5, 5.41) is 18.5. The maximum absolute atomic E-state index is 12.7. The number of carboxylic acid groups (broad SMARTS) is 1. The molecule has 2 saturated heterocycles. The zero-order valence-corrected chi connectivity index (χ0v) is 12.1. The fraction of sp³-hybridized carbons (Fsp3) is 0.917. The van der Waals surface area contributed by atoms with Gasteiger partial charge in [0, 0.05) is 45.8 Å². The van der Waals surface area contributed by atoms with E-state index < -0.39 is 20.7 Å². The van der Waals surface area contributed by atoms with Gasteiger partial charge < -0.3 is 14.9 Å². The highest BCUT2D eigenvalue weighted by Crippen LogP contribution is 2.34.